The monoisotopic (exact) mass is 330 g/mol. The Balaban J connectivity index is 2.37. The van der Waals surface area contributed by atoms with E-state index in [1.165, 1.54) is 19.2 Å². The van der Waals surface area contributed by atoms with E-state index >= 15 is 0 Å². The summed E-state index contributed by atoms with van der Waals surface area (Å²) in [6.07, 6.45) is 1.15. The molecular formula is C10H7ClN4O3S2. The minimum atomic E-state index is -3.82. The van der Waals surface area contributed by atoms with Gasteiger partial charge in [0.25, 0.3) is 15.8 Å². The van der Waals surface area contributed by atoms with Gasteiger partial charge in [0.1, 0.15) is 4.21 Å². The van der Waals surface area contributed by atoms with Crippen LogP contribution in [0, 0.1) is 6.57 Å². The molecule has 1 N–H and O–H groups in total. The SMILES string of the molecule is [C-]#[N+]c1cnc(NS(=O)(=O)c2ccc(Cl)s2)c(OC)n1. The maximum atomic E-state index is 12.1. The van der Waals surface area contributed by atoms with Crippen molar-refractivity contribution in [1.29, 1.82) is 0 Å². The van der Waals surface area contributed by atoms with Crippen LogP contribution in [0.3, 0.4) is 0 Å². The second kappa shape index (κ2) is 5.62. The number of hydrogen-bond donors (Lipinski definition) is 1. The molecule has 2 heterocycles. The predicted octanol–water partition coefficient (Wildman–Crippen LogP) is 2.55. The van der Waals surface area contributed by atoms with E-state index in [1.807, 2.05) is 0 Å². The first-order valence-corrected chi connectivity index (χ1v) is 7.70. The summed E-state index contributed by atoms with van der Waals surface area (Å²) < 4.78 is 31.7. The van der Waals surface area contributed by atoms with E-state index in [2.05, 4.69) is 19.5 Å². The zero-order chi connectivity index (χ0) is 14.8. The molecule has 0 amide bonds. The van der Waals surface area contributed by atoms with Gasteiger partial charge in [-0.1, -0.05) is 23.2 Å². The van der Waals surface area contributed by atoms with Crippen LogP contribution in [0.25, 0.3) is 4.85 Å². The van der Waals surface area contributed by atoms with Gasteiger partial charge in [0, 0.05) is 0 Å². The lowest BCUT2D eigenvalue weighted by molar-refractivity contribution is 0.399. The smallest absolute Gasteiger partial charge is 0.353 e. The van der Waals surface area contributed by atoms with Gasteiger partial charge in [-0.15, -0.1) is 11.3 Å². The van der Waals surface area contributed by atoms with Gasteiger partial charge in [-0.2, -0.15) is 0 Å². The summed E-state index contributed by atoms with van der Waals surface area (Å²) in [5.74, 6) is -0.168. The highest BCUT2D eigenvalue weighted by Crippen LogP contribution is 2.29. The summed E-state index contributed by atoms with van der Waals surface area (Å²) in [5, 5.41) is 0. The van der Waals surface area contributed by atoms with Crippen molar-refractivity contribution in [3.8, 4) is 5.88 Å². The molecule has 0 fully saturated rings. The topological polar surface area (TPSA) is 85.5 Å². The largest absolute Gasteiger partial charge is 0.461 e. The van der Waals surface area contributed by atoms with Crippen LogP contribution in [-0.4, -0.2) is 25.5 Å². The number of anilines is 1. The highest BCUT2D eigenvalue weighted by Gasteiger charge is 2.22. The van der Waals surface area contributed by atoms with Crippen LogP contribution in [0.2, 0.25) is 4.34 Å². The highest BCUT2D eigenvalue weighted by molar-refractivity contribution is 7.94. The second-order valence-corrected chi connectivity index (χ2v) is 6.99. The Kier molecular flexibility index (Phi) is 4.08. The molecule has 2 aromatic rings. The Hall–Kier alpha value is -1.89. The van der Waals surface area contributed by atoms with Crippen molar-refractivity contribution in [2.75, 3.05) is 11.8 Å². The number of rotatable bonds is 4. The molecule has 0 saturated heterocycles. The molecule has 0 aliphatic carbocycles. The molecule has 2 rings (SSSR count). The lowest BCUT2D eigenvalue weighted by Gasteiger charge is -2.06. The molecule has 0 aliphatic rings. The molecule has 0 aliphatic heterocycles. The van der Waals surface area contributed by atoms with Crippen LogP contribution in [0.1, 0.15) is 0 Å². The van der Waals surface area contributed by atoms with Gasteiger partial charge in [0.2, 0.25) is 5.82 Å². The van der Waals surface area contributed by atoms with E-state index in [1.54, 1.807) is 0 Å². The van der Waals surface area contributed by atoms with E-state index in [4.69, 9.17) is 22.9 Å². The van der Waals surface area contributed by atoms with Crippen LogP contribution in [0.5, 0.6) is 5.88 Å². The molecule has 2 aromatic heterocycles. The number of nitrogens with one attached hydrogen (secondary N) is 1. The number of sulfonamides is 1. The van der Waals surface area contributed by atoms with Crippen molar-refractivity contribution in [1.82, 2.24) is 9.97 Å². The van der Waals surface area contributed by atoms with Gasteiger partial charge in [-0.3, -0.25) is 4.72 Å². The van der Waals surface area contributed by atoms with Crippen LogP contribution in [0.4, 0.5) is 11.6 Å². The second-order valence-electron chi connectivity index (χ2n) is 3.36. The van der Waals surface area contributed by atoms with Gasteiger partial charge >= 0.3 is 5.88 Å². The van der Waals surface area contributed by atoms with Gasteiger partial charge in [-0.05, 0) is 12.1 Å². The molecule has 7 nitrogen and oxygen atoms in total. The molecule has 0 saturated carbocycles. The van der Waals surface area contributed by atoms with Crippen molar-refractivity contribution in [2.45, 2.75) is 4.21 Å². The fourth-order valence-corrected chi connectivity index (χ4v) is 3.74. The Bertz CT molecular complexity index is 782. The number of aromatic nitrogens is 2. The first kappa shape index (κ1) is 14.5. The average molecular weight is 331 g/mol. The van der Waals surface area contributed by atoms with Crippen molar-refractivity contribution in [3.05, 3.63) is 34.1 Å². The lowest BCUT2D eigenvalue weighted by Crippen LogP contribution is -2.13. The van der Waals surface area contributed by atoms with E-state index < -0.39 is 10.0 Å². The molecule has 0 atom stereocenters. The number of ether oxygens (including phenoxy) is 1. The molecule has 0 radical (unpaired) electrons. The molecular weight excluding hydrogens is 324 g/mol. The van der Waals surface area contributed by atoms with E-state index in [0.29, 0.717) is 4.34 Å². The van der Waals surface area contributed by atoms with Crippen molar-refractivity contribution < 1.29 is 13.2 Å². The molecule has 0 bridgehead atoms. The summed E-state index contributed by atoms with van der Waals surface area (Å²) in [4.78, 5) is 10.7. The van der Waals surface area contributed by atoms with Crippen LogP contribution < -0.4 is 9.46 Å². The first-order chi connectivity index (χ1) is 9.46. The molecule has 0 unspecified atom stereocenters. The molecule has 0 aromatic carbocycles. The third kappa shape index (κ3) is 2.98. The maximum Gasteiger partial charge on any atom is 0.353 e. The van der Waals surface area contributed by atoms with Gasteiger partial charge in [0.05, 0.1) is 17.6 Å². The predicted molar refractivity (Wildman–Crippen MR) is 75.0 cm³/mol. The minimum absolute atomic E-state index is 0.00367. The standard InChI is InChI=1S/C10H7ClN4O3S2/c1-12-7-5-13-9(10(14-7)18-2)15-20(16,17)8-4-3-6(11)19-8/h3-5H,2H3,(H,13,15). The Labute approximate surface area is 124 Å². The average Bonchev–Trinajstić information content (AvgIpc) is 2.86. The summed E-state index contributed by atoms with van der Waals surface area (Å²) in [5.41, 5.74) is 0. The van der Waals surface area contributed by atoms with E-state index in [-0.39, 0.29) is 21.7 Å². The third-order valence-corrected chi connectivity index (χ3v) is 5.14. The van der Waals surface area contributed by atoms with Gasteiger partial charge < -0.3 is 9.58 Å². The van der Waals surface area contributed by atoms with Crippen LogP contribution in [0.15, 0.2) is 22.5 Å². The number of halogens is 1. The highest BCUT2D eigenvalue weighted by atomic mass is 35.5. The van der Waals surface area contributed by atoms with Crippen molar-refractivity contribution in [2.24, 2.45) is 0 Å². The molecule has 10 heteroatoms. The Morgan fingerprint density at radius 2 is 2.25 bits per heavy atom. The Morgan fingerprint density at radius 1 is 1.50 bits per heavy atom. The van der Waals surface area contributed by atoms with Crippen molar-refractivity contribution >= 4 is 44.6 Å². The van der Waals surface area contributed by atoms with Crippen LogP contribution in [-0.2, 0) is 10.0 Å². The quantitative estimate of drug-likeness (QED) is 0.871. The Morgan fingerprint density at radius 3 is 2.80 bits per heavy atom. The summed E-state index contributed by atoms with van der Waals surface area (Å²) >= 11 is 6.62. The maximum absolute atomic E-state index is 12.1. The number of hydrogen-bond acceptors (Lipinski definition) is 6. The number of thiophene rings is 1. The zero-order valence-electron chi connectivity index (χ0n) is 9.99. The van der Waals surface area contributed by atoms with Crippen molar-refractivity contribution in [3.63, 3.8) is 0 Å². The first-order valence-electron chi connectivity index (χ1n) is 5.03. The fraction of sp³-hybridized carbons (Fsp3) is 0.100. The van der Waals surface area contributed by atoms with Crippen LogP contribution >= 0.6 is 22.9 Å². The summed E-state index contributed by atoms with van der Waals surface area (Å²) in [7, 11) is -2.52. The van der Waals surface area contributed by atoms with Gasteiger partial charge in [-0.25, -0.2) is 13.4 Å². The molecule has 0 spiro atoms. The van der Waals surface area contributed by atoms with Gasteiger partial charge in [0.15, 0.2) is 0 Å². The number of nitrogens with zero attached hydrogens (tertiary/aromatic N) is 3. The normalized spacial score (nSPS) is 10.8. The lowest BCUT2D eigenvalue weighted by atomic mass is 10.6. The van der Waals surface area contributed by atoms with E-state index in [9.17, 15) is 8.42 Å². The fourth-order valence-electron chi connectivity index (χ4n) is 1.25. The molecule has 104 valence electrons. The zero-order valence-corrected chi connectivity index (χ0v) is 12.4. The summed E-state index contributed by atoms with van der Waals surface area (Å²) in [6.45, 7) is 6.82. The number of methoxy groups -OCH3 is 1. The van der Waals surface area contributed by atoms with E-state index in [0.717, 1.165) is 17.5 Å². The minimum Gasteiger partial charge on any atom is -0.461 e. The molecule has 20 heavy (non-hydrogen) atoms. The third-order valence-electron chi connectivity index (χ3n) is 2.08. The summed E-state index contributed by atoms with van der Waals surface area (Å²) in [6, 6.07) is 2.86.